The van der Waals surface area contributed by atoms with E-state index in [0.29, 0.717) is 12.7 Å². The van der Waals surface area contributed by atoms with E-state index in [9.17, 15) is 39.0 Å². The van der Waals surface area contributed by atoms with Crippen LogP contribution in [0.25, 0.3) is 0 Å². The van der Waals surface area contributed by atoms with Crippen LogP contribution in [0.4, 0.5) is 5.69 Å². The molecule has 0 bridgehead atoms. The van der Waals surface area contributed by atoms with Gasteiger partial charge in [-0.1, -0.05) is 0 Å². The van der Waals surface area contributed by atoms with Crippen molar-refractivity contribution in [1.29, 1.82) is 0 Å². The predicted octanol–water partition coefficient (Wildman–Crippen LogP) is 1.04. The molecule has 1 aromatic carbocycles. The number of nitrogens with one attached hydrogen (secondary N) is 1. The zero-order valence-electron chi connectivity index (χ0n) is 22.5. The second kappa shape index (κ2) is 18.0. The lowest BCUT2D eigenvalue weighted by Crippen LogP contribution is -2.48. The van der Waals surface area contributed by atoms with Crippen molar-refractivity contribution in [2.75, 3.05) is 37.8 Å². The molecular formula is C24H29I3N2O12. The molecule has 17 heteroatoms. The van der Waals surface area contributed by atoms with Gasteiger partial charge in [-0.2, -0.15) is 0 Å². The van der Waals surface area contributed by atoms with Gasteiger partial charge < -0.3 is 39.4 Å². The Labute approximate surface area is 276 Å². The number of hydrogen-bond acceptors (Lipinski definition) is 12. The molecule has 1 rings (SSSR count). The molecule has 2 amide bonds. The summed E-state index contributed by atoms with van der Waals surface area (Å²) >= 11 is 5.62. The summed E-state index contributed by atoms with van der Waals surface area (Å²) in [5.74, 6) is -4.27. The van der Waals surface area contributed by atoms with Gasteiger partial charge in [-0.05, 0) is 67.8 Å². The van der Waals surface area contributed by atoms with Crippen molar-refractivity contribution in [3.8, 4) is 0 Å². The number of amides is 2. The highest BCUT2D eigenvalue weighted by atomic mass is 127. The van der Waals surface area contributed by atoms with Crippen LogP contribution in [0.2, 0.25) is 0 Å². The number of aliphatic hydroxyl groups excluding tert-OH is 2. The largest absolute Gasteiger partial charge is 0.464 e. The minimum atomic E-state index is -1.63. The van der Waals surface area contributed by atoms with Gasteiger partial charge in [-0.25, -0.2) is 0 Å². The molecule has 0 aliphatic carbocycles. The van der Waals surface area contributed by atoms with Gasteiger partial charge in [0, 0.05) is 40.4 Å². The summed E-state index contributed by atoms with van der Waals surface area (Å²) in [6.07, 6.45) is -3.10. The second-order valence-corrected chi connectivity index (χ2v) is 11.4. The molecule has 0 radical (unpaired) electrons. The topological polar surface area (TPSA) is 195 Å². The first-order valence-electron chi connectivity index (χ1n) is 11.8. The van der Waals surface area contributed by atoms with Gasteiger partial charge in [0.1, 0.15) is 19.8 Å². The quantitative estimate of drug-likeness (QED) is 0.104. The number of ether oxygens (including phenoxy) is 4. The Hall–Kier alpha value is -1.85. The van der Waals surface area contributed by atoms with Gasteiger partial charge >= 0.3 is 23.9 Å². The van der Waals surface area contributed by atoms with Crippen LogP contribution in [0.5, 0.6) is 0 Å². The number of hydrogen-bond donors (Lipinski definition) is 3. The molecule has 0 saturated heterocycles. The Morgan fingerprint density at radius 2 is 1.44 bits per heavy atom. The predicted molar refractivity (Wildman–Crippen MR) is 167 cm³/mol. The van der Waals surface area contributed by atoms with Crippen molar-refractivity contribution in [2.24, 2.45) is 0 Å². The molecule has 2 atom stereocenters. The zero-order chi connectivity index (χ0) is 31.4. The number of nitrogens with zero attached hydrogens (tertiary/aromatic N) is 1. The lowest BCUT2D eigenvalue weighted by Gasteiger charge is -2.31. The van der Waals surface area contributed by atoms with E-state index in [2.05, 4.69) is 5.32 Å². The highest BCUT2D eigenvalue weighted by Crippen LogP contribution is 2.39. The van der Waals surface area contributed by atoms with Crippen molar-refractivity contribution in [2.45, 2.75) is 46.5 Å². The van der Waals surface area contributed by atoms with Crippen LogP contribution in [-0.2, 0) is 49.5 Å². The average Bonchev–Trinajstić information content (AvgIpc) is 2.87. The maximum Gasteiger partial charge on any atom is 0.303 e. The SMILES string of the molecule is CC(=O)OCCNC(=O)c1c(I)c(COC(C)=O)c(I)c(N(CC(O)CO)C(=O)C(COC(C)=O)OC(C)=O)c1I. The molecule has 0 aliphatic heterocycles. The summed E-state index contributed by atoms with van der Waals surface area (Å²) in [6, 6.07) is 0. The van der Waals surface area contributed by atoms with Gasteiger partial charge in [0.05, 0.1) is 40.6 Å². The molecule has 3 N–H and O–H groups in total. The molecule has 0 spiro atoms. The van der Waals surface area contributed by atoms with E-state index in [0.717, 1.165) is 18.7 Å². The minimum absolute atomic E-state index is 0.0338. The van der Waals surface area contributed by atoms with Crippen LogP contribution in [0, 0.1) is 10.7 Å². The van der Waals surface area contributed by atoms with E-state index < -0.39 is 67.7 Å². The lowest BCUT2D eigenvalue weighted by molar-refractivity contribution is -0.161. The average molecular weight is 918 g/mol. The van der Waals surface area contributed by atoms with Crippen LogP contribution in [0.3, 0.4) is 0 Å². The fourth-order valence-electron chi connectivity index (χ4n) is 3.17. The van der Waals surface area contributed by atoms with Gasteiger partial charge in [-0.3, -0.25) is 28.8 Å². The maximum atomic E-state index is 13.8. The number of esters is 4. The van der Waals surface area contributed by atoms with Crippen LogP contribution < -0.4 is 10.2 Å². The lowest BCUT2D eigenvalue weighted by atomic mass is 10.1. The molecule has 0 heterocycles. The van der Waals surface area contributed by atoms with Crippen LogP contribution in [0.15, 0.2) is 0 Å². The first kappa shape index (κ1) is 37.2. The number of halogens is 3. The number of rotatable bonds is 14. The summed E-state index contributed by atoms with van der Waals surface area (Å²) in [5, 5.41) is 22.5. The third kappa shape index (κ3) is 11.7. The van der Waals surface area contributed by atoms with E-state index in [-0.39, 0.29) is 34.6 Å². The third-order valence-corrected chi connectivity index (χ3v) is 8.29. The Morgan fingerprint density at radius 3 is 1.95 bits per heavy atom. The molecular weight excluding hydrogens is 889 g/mol. The van der Waals surface area contributed by atoms with E-state index in [1.807, 2.05) is 67.8 Å². The number of anilines is 1. The maximum absolute atomic E-state index is 13.8. The zero-order valence-corrected chi connectivity index (χ0v) is 28.9. The van der Waals surface area contributed by atoms with Crippen molar-refractivity contribution in [3.63, 3.8) is 0 Å². The van der Waals surface area contributed by atoms with Crippen molar-refractivity contribution in [1.82, 2.24) is 5.32 Å². The standard InChI is InChI=1S/C24H29I3N2O12/c1-11(31)38-6-5-28-23(36)18-19(25)16(9-39-12(2)32)20(26)22(21(18)27)29(7-15(35)8-30)24(37)17(41-14(4)34)10-40-13(3)33/h15,17,30,35H,5-10H2,1-4H3,(H,28,36). The van der Waals surface area contributed by atoms with Gasteiger partial charge in [-0.15, -0.1) is 0 Å². The molecule has 14 nitrogen and oxygen atoms in total. The second-order valence-electron chi connectivity index (χ2n) is 8.21. The summed E-state index contributed by atoms with van der Waals surface area (Å²) in [7, 11) is 0. The van der Waals surface area contributed by atoms with E-state index in [1.54, 1.807) is 0 Å². The van der Waals surface area contributed by atoms with Crippen LogP contribution in [0.1, 0.15) is 43.6 Å². The molecule has 41 heavy (non-hydrogen) atoms. The third-order valence-electron chi connectivity index (χ3n) is 4.89. The highest BCUT2D eigenvalue weighted by molar-refractivity contribution is 14.1. The molecule has 1 aromatic rings. The number of carbonyl (C=O) groups is 6. The van der Waals surface area contributed by atoms with E-state index in [1.165, 1.54) is 13.8 Å². The minimum Gasteiger partial charge on any atom is -0.464 e. The molecule has 0 fully saturated rings. The van der Waals surface area contributed by atoms with Crippen LogP contribution in [-0.4, -0.2) is 91.0 Å². The first-order chi connectivity index (χ1) is 19.1. The molecule has 228 valence electrons. The number of aliphatic hydroxyl groups is 2. The Bertz CT molecular complexity index is 1180. The Balaban J connectivity index is 3.84. The summed E-state index contributed by atoms with van der Waals surface area (Å²) < 4.78 is 21.0. The summed E-state index contributed by atoms with van der Waals surface area (Å²) in [5.41, 5.74) is 0.505. The van der Waals surface area contributed by atoms with E-state index >= 15 is 0 Å². The van der Waals surface area contributed by atoms with Crippen molar-refractivity contribution >= 4 is 109 Å². The summed E-state index contributed by atoms with van der Waals surface area (Å²) in [6.45, 7) is 2.26. The van der Waals surface area contributed by atoms with Gasteiger partial charge in [0.15, 0.2) is 0 Å². The van der Waals surface area contributed by atoms with Crippen molar-refractivity contribution in [3.05, 3.63) is 21.8 Å². The molecule has 0 aliphatic rings. The molecule has 2 unspecified atom stereocenters. The highest BCUT2D eigenvalue weighted by Gasteiger charge is 2.35. The van der Waals surface area contributed by atoms with Gasteiger partial charge in [0.2, 0.25) is 6.10 Å². The molecule has 0 aromatic heterocycles. The number of benzene rings is 1. The van der Waals surface area contributed by atoms with Crippen LogP contribution >= 0.6 is 67.8 Å². The smallest absolute Gasteiger partial charge is 0.303 e. The Kier molecular flexibility index (Phi) is 16.3. The monoisotopic (exact) mass is 918 g/mol. The van der Waals surface area contributed by atoms with E-state index in [4.69, 9.17) is 18.9 Å². The fraction of sp³-hybridized carbons (Fsp3) is 0.500. The normalized spacial score (nSPS) is 12.0. The number of carbonyl (C=O) groups excluding carboxylic acids is 6. The first-order valence-corrected chi connectivity index (χ1v) is 15.0. The summed E-state index contributed by atoms with van der Waals surface area (Å²) in [4.78, 5) is 74.0. The Morgan fingerprint density at radius 1 is 0.854 bits per heavy atom. The van der Waals surface area contributed by atoms with Gasteiger partial charge in [0.25, 0.3) is 11.8 Å². The van der Waals surface area contributed by atoms with Crippen molar-refractivity contribution < 1.29 is 57.9 Å². The molecule has 0 saturated carbocycles. The fourth-order valence-corrected chi connectivity index (χ4v) is 7.72.